The fraction of sp³-hybridized carbons (Fsp3) is 0.500. The molecule has 0 unspecified atom stereocenters. The van der Waals surface area contributed by atoms with Crippen molar-refractivity contribution in [3.63, 3.8) is 0 Å². The van der Waals surface area contributed by atoms with Crippen molar-refractivity contribution in [2.45, 2.75) is 6.42 Å². The number of piperazine rings is 1. The third-order valence-corrected chi connectivity index (χ3v) is 3.84. The second-order valence-electron chi connectivity index (χ2n) is 5.65. The van der Waals surface area contributed by atoms with Gasteiger partial charge in [-0.05, 0) is 55.5 Å². The number of hydrogen-bond acceptors (Lipinski definition) is 5. The minimum atomic E-state index is 0.154. The second-order valence-corrected chi connectivity index (χ2v) is 6.09. The lowest BCUT2D eigenvalue weighted by atomic mass is 10.2. The Balaban J connectivity index is 1.64. The smallest absolute Gasteiger partial charge is 0.184 e. The first-order valence-corrected chi connectivity index (χ1v) is 8.26. The average Bonchev–Trinajstić information content (AvgIpc) is 2.54. The van der Waals surface area contributed by atoms with Gasteiger partial charge in [-0.3, -0.25) is 5.43 Å². The lowest BCUT2D eigenvalue weighted by Crippen LogP contribution is -2.44. The normalized spacial score (nSPS) is 16.6. The zero-order chi connectivity index (χ0) is 16.5. The summed E-state index contributed by atoms with van der Waals surface area (Å²) in [5, 5.41) is 4.07. The maximum atomic E-state index is 5.78. The van der Waals surface area contributed by atoms with Crippen LogP contribution in [0.25, 0.3) is 0 Å². The summed E-state index contributed by atoms with van der Waals surface area (Å²) in [6, 6.07) is 7.77. The van der Waals surface area contributed by atoms with Crippen molar-refractivity contribution in [2.24, 2.45) is 10.8 Å². The molecule has 1 fully saturated rings. The van der Waals surface area contributed by atoms with E-state index in [0.29, 0.717) is 0 Å². The molecule has 23 heavy (non-hydrogen) atoms. The topological polar surface area (TPSA) is 66.1 Å². The van der Waals surface area contributed by atoms with E-state index in [2.05, 4.69) is 39.6 Å². The maximum Gasteiger partial charge on any atom is 0.184 e. The number of hydrazone groups is 1. The van der Waals surface area contributed by atoms with Crippen molar-refractivity contribution in [3.05, 3.63) is 29.8 Å². The standard InChI is InChI=1S/C16H25N5OS/c1-20-8-10-21(11-9-20)7-2-12-22-15-5-3-14(4-6-15)13-18-19-16(17)23/h3-6,13H,2,7-12H2,1H3,(H3,17,19,23). The minimum absolute atomic E-state index is 0.154. The van der Waals surface area contributed by atoms with E-state index in [4.69, 9.17) is 10.5 Å². The Bertz CT molecular complexity index is 512. The van der Waals surface area contributed by atoms with E-state index in [9.17, 15) is 0 Å². The van der Waals surface area contributed by atoms with Gasteiger partial charge in [0.15, 0.2) is 5.11 Å². The number of nitrogens with zero attached hydrogens (tertiary/aromatic N) is 3. The largest absolute Gasteiger partial charge is 0.494 e. The van der Waals surface area contributed by atoms with Crippen LogP contribution in [0.5, 0.6) is 5.75 Å². The van der Waals surface area contributed by atoms with Gasteiger partial charge in [0.2, 0.25) is 0 Å². The Morgan fingerprint density at radius 2 is 2.00 bits per heavy atom. The van der Waals surface area contributed by atoms with Crippen molar-refractivity contribution < 1.29 is 4.74 Å². The summed E-state index contributed by atoms with van der Waals surface area (Å²) in [5.74, 6) is 0.878. The quantitative estimate of drug-likeness (QED) is 0.334. The van der Waals surface area contributed by atoms with Crippen LogP contribution in [0.3, 0.4) is 0 Å². The molecule has 0 saturated carbocycles. The lowest BCUT2D eigenvalue weighted by molar-refractivity contribution is 0.145. The molecule has 0 spiro atoms. The molecule has 1 saturated heterocycles. The van der Waals surface area contributed by atoms with Gasteiger partial charge in [0.25, 0.3) is 0 Å². The monoisotopic (exact) mass is 335 g/mol. The van der Waals surface area contributed by atoms with Gasteiger partial charge in [-0.1, -0.05) is 0 Å². The number of benzene rings is 1. The molecule has 0 atom stereocenters. The van der Waals surface area contributed by atoms with Gasteiger partial charge in [-0.25, -0.2) is 0 Å². The fourth-order valence-corrected chi connectivity index (χ4v) is 2.42. The Labute approximate surface area is 143 Å². The van der Waals surface area contributed by atoms with Crippen molar-refractivity contribution in [1.29, 1.82) is 0 Å². The third kappa shape index (κ3) is 6.94. The first kappa shape index (κ1) is 17.7. The Kier molecular flexibility index (Phi) is 7.25. The molecule has 0 amide bonds. The molecule has 2 rings (SSSR count). The van der Waals surface area contributed by atoms with E-state index >= 15 is 0 Å². The number of thiocarbonyl (C=S) groups is 1. The van der Waals surface area contributed by atoms with Crippen LogP contribution >= 0.6 is 12.2 Å². The molecule has 1 aromatic carbocycles. The molecule has 0 aromatic heterocycles. The Morgan fingerprint density at radius 3 is 2.65 bits per heavy atom. The highest BCUT2D eigenvalue weighted by Gasteiger charge is 2.12. The van der Waals surface area contributed by atoms with Gasteiger partial charge in [0, 0.05) is 32.7 Å². The Hall–Kier alpha value is -1.70. The third-order valence-electron chi connectivity index (χ3n) is 3.75. The van der Waals surface area contributed by atoms with Crippen LogP contribution in [-0.2, 0) is 0 Å². The summed E-state index contributed by atoms with van der Waals surface area (Å²) >= 11 is 4.67. The number of hydrogen-bond donors (Lipinski definition) is 2. The number of nitrogens with one attached hydrogen (secondary N) is 1. The minimum Gasteiger partial charge on any atom is -0.494 e. The van der Waals surface area contributed by atoms with Crippen molar-refractivity contribution in [1.82, 2.24) is 15.2 Å². The molecular weight excluding hydrogens is 310 g/mol. The van der Waals surface area contributed by atoms with Crippen molar-refractivity contribution in [3.8, 4) is 5.75 Å². The van der Waals surface area contributed by atoms with Gasteiger partial charge in [0.05, 0.1) is 12.8 Å². The molecule has 3 N–H and O–H groups in total. The van der Waals surface area contributed by atoms with Crippen molar-refractivity contribution >= 4 is 23.5 Å². The van der Waals surface area contributed by atoms with E-state index in [1.807, 2.05) is 24.3 Å². The van der Waals surface area contributed by atoms with Gasteiger partial charge < -0.3 is 20.3 Å². The van der Waals surface area contributed by atoms with Crippen LogP contribution < -0.4 is 15.9 Å². The van der Waals surface area contributed by atoms with Crippen LogP contribution in [0.2, 0.25) is 0 Å². The number of likely N-dealkylation sites (N-methyl/N-ethyl adjacent to an activating group) is 1. The highest BCUT2D eigenvalue weighted by atomic mass is 32.1. The highest BCUT2D eigenvalue weighted by Crippen LogP contribution is 2.11. The van der Waals surface area contributed by atoms with Crippen LogP contribution in [0, 0.1) is 0 Å². The molecule has 126 valence electrons. The van der Waals surface area contributed by atoms with Crippen LogP contribution in [0.1, 0.15) is 12.0 Å². The lowest BCUT2D eigenvalue weighted by Gasteiger charge is -2.32. The summed E-state index contributed by atoms with van der Waals surface area (Å²) in [4.78, 5) is 4.87. The molecule has 7 heteroatoms. The number of rotatable bonds is 7. The average molecular weight is 335 g/mol. The van der Waals surface area contributed by atoms with E-state index in [1.165, 1.54) is 0 Å². The zero-order valence-corrected chi connectivity index (χ0v) is 14.4. The van der Waals surface area contributed by atoms with Crippen LogP contribution in [-0.4, -0.2) is 67.5 Å². The zero-order valence-electron chi connectivity index (χ0n) is 13.6. The van der Waals surface area contributed by atoms with Crippen molar-refractivity contribution in [2.75, 3.05) is 46.4 Å². The van der Waals surface area contributed by atoms with Gasteiger partial charge >= 0.3 is 0 Å². The first-order valence-electron chi connectivity index (χ1n) is 7.86. The van der Waals surface area contributed by atoms with E-state index in [0.717, 1.165) is 57.1 Å². The Morgan fingerprint density at radius 1 is 1.30 bits per heavy atom. The molecule has 1 aliphatic rings. The summed E-state index contributed by atoms with van der Waals surface area (Å²) in [6.45, 7) is 6.48. The highest BCUT2D eigenvalue weighted by molar-refractivity contribution is 7.80. The van der Waals surface area contributed by atoms with Gasteiger partial charge in [-0.15, -0.1) is 0 Å². The number of ether oxygens (including phenoxy) is 1. The predicted octanol–water partition coefficient (Wildman–Crippen LogP) is 0.870. The summed E-state index contributed by atoms with van der Waals surface area (Å²) in [5.41, 5.74) is 8.77. The molecular formula is C16H25N5OS. The summed E-state index contributed by atoms with van der Waals surface area (Å²) in [7, 11) is 2.18. The molecule has 0 aliphatic carbocycles. The predicted molar refractivity (Wildman–Crippen MR) is 98.0 cm³/mol. The molecule has 0 radical (unpaired) electrons. The molecule has 1 aliphatic heterocycles. The number of nitrogens with two attached hydrogens (primary N) is 1. The first-order chi connectivity index (χ1) is 11.1. The van der Waals surface area contributed by atoms with Gasteiger partial charge in [0.1, 0.15) is 5.75 Å². The SMILES string of the molecule is CN1CCN(CCCOc2ccc(C=NNC(N)=S)cc2)CC1. The van der Waals surface area contributed by atoms with Crippen LogP contribution in [0.15, 0.2) is 29.4 Å². The molecule has 0 bridgehead atoms. The summed E-state index contributed by atoms with van der Waals surface area (Å²) in [6.07, 6.45) is 2.71. The van der Waals surface area contributed by atoms with E-state index in [-0.39, 0.29) is 5.11 Å². The van der Waals surface area contributed by atoms with E-state index in [1.54, 1.807) is 6.21 Å². The van der Waals surface area contributed by atoms with Crippen LogP contribution in [0.4, 0.5) is 0 Å². The molecule has 1 heterocycles. The second kappa shape index (κ2) is 9.44. The van der Waals surface area contributed by atoms with E-state index < -0.39 is 0 Å². The summed E-state index contributed by atoms with van der Waals surface area (Å²) < 4.78 is 5.78. The fourth-order valence-electron chi connectivity index (χ4n) is 2.37. The molecule has 6 nitrogen and oxygen atoms in total. The van der Waals surface area contributed by atoms with Gasteiger partial charge in [-0.2, -0.15) is 5.10 Å². The molecule has 1 aromatic rings. The maximum absolute atomic E-state index is 5.78.